The van der Waals surface area contributed by atoms with Crippen LogP contribution in [-0.2, 0) is 0 Å². The summed E-state index contributed by atoms with van der Waals surface area (Å²) in [5, 5.41) is 5.21. The largest absolute Gasteiger partial charge is 0.489 e. The molecule has 1 fully saturated rings. The number of carbonyl (C=O) groups excluding carboxylic acids is 1. The maximum atomic E-state index is 12.4. The molecule has 6 heteroatoms. The molecule has 1 aromatic carbocycles. The quantitative estimate of drug-likeness (QED) is 0.818. The van der Waals surface area contributed by atoms with Crippen molar-refractivity contribution in [2.75, 3.05) is 51.7 Å². The Hall–Kier alpha value is -1.79. The molecule has 0 spiro atoms. The fourth-order valence-electron chi connectivity index (χ4n) is 2.47. The van der Waals surface area contributed by atoms with Crippen LogP contribution in [0.15, 0.2) is 18.2 Å². The molecule has 0 atom stereocenters. The van der Waals surface area contributed by atoms with Crippen LogP contribution in [-0.4, -0.2) is 62.2 Å². The number of piperazine rings is 1. The van der Waals surface area contributed by atoms with Gasteiger partial charge >= 0.3 is 0 Å². The minimum Gasteiger partial charge on any atom is -0.489 e. The van der Waals surface area contributed by atoms with Crippen LogP contribution in [0.1, 0.15) is 10.4 Å². The van der Waals surface area contributed by atoms with Crippen molar-refractivity contribution in [3.8, 4) is 5.75 Å². The molecule has 0 bridgehead atoms. The highest BCUT2D eigenvalue weighted by Crippen LogP contribution is 2.31. The first-order valence-corrected chi connectivity index (χ1v) is 6.98. The van der Waals surface area contributed by atoms with Crippen LogP contribution < -0.4 is 15.5 Å². The summed E-state index contributed by atoms with van der Waals surface area (Å²) in [6.45, 7) is 4.98. The molecule has 1 amide bonds. The van der Waals surface area contributed by atoms with Crippen LogP contribution in [0.5, 0.6) is 5.75 Å². The van der Waals surface area contributed by atoms with Crippen molar-refractivity contribution in [1.82, 2.24) is 15.3 Å². The number of hydrogen-bond acceptors (Lipinski definition) is 5. The Kier molecular flexibility index (Phi) is 3.75. The van der Waals surface area contributed by atoms with E-state index in [1.165, 1.54) is 0 Å². The number of para-hydroxylation sites is 1. The molecule has 2 aliphatic rings. The molecular formula is C14H20N4O2. The van der Waals surface area contributed by atoms with Crippen molar-refractivity contribution in [1.29, 1.82) is 0 Å². The molecule has 0 aliphatic carbocycles. The van der Waals surface area contributed by atoms with E-state index in [1.54, 1.807) is 6.07 Å². The summed E-state index contributed by atoms with van der Waals surface area (Å²) in [5.74, 6) is 0.556. The second-order valence-corrected chi connectivity index (χ2v) is 5.19. The highest BCUT2D eigenvalue weighted by atomic mass is 16.5. The number of hydrazine groups is 1. The second kappa shape index (κ2) is 5.68. The lowest BCUT2D eigenvalue weighted by Crippen LogP contribution is -2.52. The Balaban J connectivity index is 1.71. The van der Waals surface area contributed by atoms with Crippen molar-refractivity contribution in [2.45, 2.75) is 0 Å². The molecule has 3 rings (SSSR count). The van der Waals surface area contributed by atoms with Gasteiger partial charge in [-0.25, -0.2) is 5.01 Å². The minimum absolute atomic E-state index is 0.102. The van der Waals surface area contributed by atoms with E-state index < -0.39 is 0 Å². The Labute approximate surface area is 118 Å². The molecule has 0 saturated carbocycles. The zero-order valence-corrected chi connectivity index (χ0v) is 11.7. The summed E-state index contributed by atoms with van der Waals surface area (Å²) in [5.41, 5.74) is 4.45. The number of carbonyl (C=O) groups is 1. The summed E-state index contributed by atoms with van der Waals surface area (Å²) in [6, 6.07) is 5.61. The van der Waals surface area contributed by atoms with Crippen molar-refractivity contribution >= 4 is 11.6 Å². The number of benzene rings is 1. The molecule has 1 saturated heterocycles. The molecule has 0 radical (unpaired) electrons. The van der Waals surface area contributed by atoms with Gasteiger partial charge in [-0.2, -0.15) is 0 Å². The minimum atomic E-state index is -0.102. The van der Waals surface area contributed by atoms with Gasteiger partial charge in [0.15, 0.2) is 5.75 Å². The van der Waals surface area contributed by atoms with Crippen LogP contribution in [0.2, 0.25) is 0 Å². The number of nitrogens with zero attached hydrogens (tertiary/aromatic N) is 2. The third-order valence-electron chi connectivity index (χ3n) is 3.69. The Morgan fingerprint density at radius 3 is 2.90 bits per heavy atom. The normalized spacial score (nSPS) is 19.6. The first-order chi connectivity index (χ1) is 9.74. The van der Waals surface area contributed by atoms with Crippen molar-refractivity contribution in [3.05, 3.63) is 23.8 Å². The standard InChI is InChI=1S/C14H20N4O2/c1-17-6-8-18(9-7-17)16-14(19)11-3-2-4-12-13(11)20-10-5-15-12/h2-4,15H,5-10H2,1H3,(H,16,19). The van der Waals surface area contributed by atoms with E-state index in [-0.39, 0.29) is 5.91 Å². The first-order valence-electron chi connectivity index (χ1n) is 6.98. The lowest BCUT2D eigenvalue weighted by Gasteiger charge is -2.32. The third kappa shape index (κ3) is 2.71. The maximum absolute atomic E-state index is 12.4. The molecule has 108 valence electrons. The second-order valence-electron chi connectivity index (χ2n) is 5.19. The van der Waals surface area contributed by atoms with Crippen LogP contribution in [0, 0.1) is 0 Å². The number of likely N-dealkylation sites (N-methyl/N-ethyl adjacent to an activating group) is 1. The van der Waals surface area contributed by atoms with Gasteiger partial charge < -0.3 is 15.0 Å². The predicted molar refractivity (Wildman–Crippen MR) is 77.0 cm³/mol. The smallest absolute Gasteiger partial charge is 0.269 e. The van der Waals surface area contributed by atoms with Crippen LogP contribution in [0.25, 0.3) is 0 Å². The molecule has 2 N–H and O–H groups in total. The average Bonchev–Trinajstić information content (AvgIpc) is 2.49. The van der Waals surface area contributed by atoms with Gasteiger partial charge in [0.25, 0.3) is 5.91 Å². The van der Waals surface area contributed by atoms with Gasteiger partial charge in [0.2, 0.25) is 0 Å². The predicted octanol–water partition coefficient (Wildman–Crippen LogP) is 0.383. The molecule has 6 nitrogen and oxygen atoms in total. The van der Waals surface area contributed by atoms with Crippen molar-refractivity contribution in [2.24, 2.45) is 0 Å². The number of nitrogens with one attached hydrogen (secondary N) is 2. The number of anilines is 1. The number of amides is 1. The van der Waals surface area contributed by atoms with Gasteiger partial charge in [-0.05, 0) is 19.2 Å². The third-order valence-corrected chi connectivity index (χ3v) is 3.69. The fourth-order valence-corrected chi connectivity index (χ4v) is 2.47. The molecule has 0 unspecified atom stereocenters. The zero-order chi connectivity index (χ0) is 13.9. The van der Waals surface area contributed by atoms with E-state index >= 15 is 0 Å². The molecule has 20 heavy (non-hydrogen) atoms. The molecule has 2 heterocycles. The van der Waals surface area contributed by atoms with Gasteiger partial charge in [-0.3, -0.25) is 10.2 Å². The molecule has 0 aromatic heterocycles. The monoisotopic (exact) mass is 276 g/mol. The Morgan fingerprint density at radius 2 is 2.10 bits per heavy atom. The van der Waals surface area contributed by atoms with Crippen LogP contribution in [0.3, 0.4) is 0 Å². The average molecular weight is 276 g/mol. The fraction of sp³-hybridized carbons (Fsp3) is 0.500. The number of ether oxygens (including phenoxy) is 1. The van der Waals surface area contributed by atoms with Gasteiger partial charge in [-0.1, -0.05) is 6.07 Å². The maximum Gasteiger partial charge on any atom is 0.269 e. The first kappa shape index (κ1) is 13.2. The SMILES string of the molecule is CN1CCN(NC(=O)c2cccc3c2OCCN3)CC1. The summed E-state index contributed by atoms with van der Waals surface area (Å²) >= 11 is 0. The summed E-state index contributed by atoms with van der Waals surface area (Å²) < 4.78 is 5.63. The Morgan fingerprint density at radius 1 is 1.30 bits per heavy atom. The number of hydrogen-bond donors (Lipinski definition) is 2. The van der Waals surface area contributed by atoms with Gasteiger partial charge in [0, 0.05) is 32.7 Å². The number of fused-ring (bicyclic) bond motifs is 1. The molecule has 1 aromatic rings. The van der Waals surface area contributed by atoms with E-state index in [0.29, 0.717) is 17.9 Å². The molecular weight excluding hydrogens is 256 g/mol. The van der Waals surface area contributed by atoms with E-state index in [9.17, 15) is 4.79 Å². The lowest BCUT2D eigenvalue weighted by molar-refractivity contribution is 0.0659. The van der Waals surface area contributed by atoms with Gasteiger partial charge in [-0.15, -0.1) is 0 Å². The van der Waals surface area contributed by atoms with Crippen LogP contribution >= 0.6 is 0 Å². The van der Waals surface area contributed by atoms with Crippen molar-refractivity contribution in [3.63, 3.8) is 0 Å². The highest BCUT2D eigenvalue weighted by Gasteiger charge is 2.21. The summed E-state index contributed by atoms with van der Waals surface area (Å²) in [4.78, 5) is 14.6. The topological polar surface area (TPSA) is 56.8 Å². The van der Waals surface area contributed by atoms with E-state index in [1.807, 2.05) is 17.1 Å². The Bertz CT molecular complexity index is 498. The zero-order valence-electron chi connectivity index (χ0n) is 11.7. The van der Waals surface area contributed by atoms with Gasteiger partial charge in [0.05, 0.1) is 11.3 Å². The number of rotatable bonds is 2. The summed E-state index contributed by atoms with van der Waals surface area (Å²) in [6.07, 6.45) is 0. The van der Waals surface area contributed by atoms with E-state index in [2.05, 4.69) is 22.7 Å². The van der Waals surface area contributed by atoms with E-state index in [0.717, 1.165) is 38.4 Å². The highest BCUT2D eigenvalue weighted by molar-refractivity contribution is 5.98. The lowest BCUT2D eigenvalue weighted by atomic mass is 10.1. The molecule has 2 aliphatic heterocycles. The summed E-state index contributed by atoms with van der Waals surface area (Å²) in [7, 11) is 2.09. The van der Waals surface area contributed by atoms with Crippen LogP contribution in [0.4, 0.5) is 5.69 Å². The van der Waals surface area contributed by atoms with E-state index in [4.69, 9.17) is 4.74 Å². The van der Waals surface area contributed by atoms with Crippen molar-refractivity contribution < 1.29 is 9.53 Å². The van der Waals surface area contributed by atoms with Gasteiger partial charge in [0.1, 0.15) is 6.61 Å².